The van der Waals surface area contributed by atoms with Gasteiger partial charge in [-0.3, -0.25) is 0 Å². The zero-order valence-corrected chi connectivity index (χ0v) is 11.7. The van der Waals surface area contributed by atoms with Crippen LogP contribution in [0.3, 0.4) is 0 Å². The molecule has 0 aliphatic heterocycles. The summed E-state index contributed by atoms with van der Waals surface area (Å²) >= 11 is 0. The Kier molecular flexibility index (Phi) is 4.09. The van der Waals surface area contributed by atoms with Crippen molar-refractivity contribution in [2.45, 2.75) is 45.3 Å². The van der Waals surface area contributed by atoms with Gasteiger partial charge in [-0.2, -0.15) is 0 Å². The van der Waals surface area contributed by atoms with Crippen molar-refractivity contribution < 1.29 is 14.3 Å². The van der Waals surface area contributed by atoms with E-state index in [2.05, 4.69) is 4.98 Å². The third-order valence-electron chi connectivity index (χ3n) is 3.57. The Morgan fingerprint density at radius 2 is 2.16 bits per heavy atom. The lowest BCUT2D eigenvalue weighted by Gasteiger charge is -2.36. The SMILES string of the molecule is CCOC(=O)c1nc(CC)n(C2CC(OC)C2)c1N. The lowest BCUT2D eigenvalue weighted by Crippen LogP contribution is -2.33. The Morgan fingerprint density at radius 3 is 2.68 bits per heavy atom. The summed E-state index contributed by atoms with van der Waals surface area (Å²) in [7, 11) is 1.71. The number of hydrogen-bond donors (Lipinski definition) is 1. The molecule has 106 valence electrons. The van der Waals surface area contributed by atoms with Gasteiger partial charge in [-0.15, -0.1) is 0 Å². The molecule has 1 aliphatic rings. The minimum absolute atomic E-state index is 0.236. The predicted molar refractivity (Wildman–Crippen MR) is 71.0 cm³/mol. The normalized spacial score (nSPS) is 22.1. The Labute approximate surface area is 112 Å². The number of esters is 1. The molecule has 1 aromatic heterocycles. The van der Waals surface area contributed by atoms with Crippen LogP contribution in [0.15, 0.2) is 0 Å². The number of nitrogen functional groups attached to an aromatic ring is 1. The van der Waals surface area contributed by atoms with Crippen molar-refractivity contribution in [2.24, 2.45) is 0 Å². The second-order valence-electron chi connectivity index (χ2n) is 4.69. The molecule has 0 amide bonds. The summed E-state index contributed by atoms with van der Waals surface area (Å²) in [5.74, 6) is 0.797. The molecule has 6 heteroatoms. The molecule has 1 aromatic rings. The van der Waals surface area contributed by atoms with Gasteiger partial charge in [0.1, 0.15) is 11.6 Å². The minimum atomic E-state index is -0.448. The van der Waals surface area contributed by atoms with Crippen LogP contribution in [0.1, 0.15) is 49.0 Å². The van der Waals surface area contributed by atoms with Gasteiger partial charge in [0.25, 0.3) is 0 Å². The Balaban J connectivity index is 2.25. The number of imidazole rings is 1. The predicted octanol–water partition coefficient (Wildman–Crippen LogP) is 1.55. The quantitative estimate of drug-likeness (QED) is 0.819. The van der Waals surface area contributed by atoms with Crippen molar-refractivity contribution in [1.29, 1.82) is 0 Å². The Morgan fingerprint density at radius 1 is 1.47 bits per heavy atom. The maximum Gasteiger partial charge on any atom is 0.360 e. The zero-order chi connectivity index (χ0) is 14.0. The average molecular weight is 267 g/mol. The van der Waals surface area contributed by atoms with E-state index >= 15 is 0 Å². The second kappa shape index (κ2) is 5.61. The Bertz CT molecular complexity index is 464. The fourth-order valence-corrected chi connectivity index (χ4v) is 2.44. The van der Waals surface area contributed by atoms with Gasteiger partial charge in [-0.05, 0) is 19.8 Å². The van der Waals surface area contributed by atoms with Crippen LogP contribution in [0.5, 0.6) is 0 Å². The van der Waals surface area contributed by atoms with Crippen LogP contribution in [0.2, 0.25) is 0 Å². The largest absolute Gasteiger partial charge is 0.461 e. The number of anilines is 1. The number of nitrogens with zero attached hydrogens (tertiary/aromatic N) is 2. The smallest absolute Gasteiger partial charge is 0.360 e. The van der Waals surface area contributed by atoms with Crippen molar-refractivity contribution in [1.82, 2.24) is 9.55 Å². The highest BCUT2D eigenvalue weighted by Gasteiger charge is 2.34. The summed E-state index contributed by atoms with van der Waals surface area (Å²) in [6, 6.07) is 0.274. The lowest BCUT2D eigenvalue weighted by atomic mass is 9.89. The van der Waals surface area contributed by atoms with E-state index < -0.39 is 5.97 Å². The van der Waals surface area contributed by atoms with E-state index in [1.54, 1.807) is 14.0 Å². The summed E-state index contributed by atoms with van der Waals surface area (Å²) in [6.45, 7) is 4.09. The van der Waals surface area contributed by atoms with E-state index in [4.69, 9.17) is 15.2 Å². The van der Waals surface area contributed by atoms with Gasteiger partial charge in [-0.1, -0.05) is 6.92 Å². The zero-order valence-electron chi connectivity index (χ0n) is 11.7. The van der Waals surface area contributed by atoms with Gasteiger partial charge >= 0.3 is 5.97 Å². The molecule has 19 heavy (non-hydrogen) atoms. The average Bonchev–Trinajstić information content (AvgIpc) is 2.66. The number of ether oxygens (including phenoxy) is 2. The summed E-state index contributed by atoms with van der Waals surface area (Å²) in [5, 5.41) is 0. The van der Waals surface area contributed by atoms with E-state index in [-0.39, 0.29) is 17.8 Å². The molecule has 6 nitrogen and oxygen atoms in total. The number of rotatable bonds is 5. The number of methoxy groups -OCH3 is 1. The number of carbonyl (C=O) groups is 1. The highest BCUT2D eigenvalue weighted by molar-refractivity contribution is 5.92. The van der Waals surface area contributed by atoms with Crippen LogP contribution in [0, 0.1) is 0 Å². The van der Waals surface area contributed by atoms with E-state index in [0.29, 0.717) is 12.4 Å². The highest BCUT2D eigenvalue weighted by Crippen LogP contribution is 2.37. The number of aryl methyl sites for hydroxylation is 1. The Hall–Kier alpha value is -1.56. The first kappa shape index (κ1) is 13.9. The number of aromatic nitrogens is 2. The summed E-state index contributed by atoms with van der Waals surface area (Å²) in [6.07, 6.45) is 2.83. The lowest BCUT2D eigenvalue weighted by molar-refractivity contribution is 0.00604. The molecule has 1 heterocycles. The van der Waals surface area contributed by atoms with Crippen molar-refractivity contribution in [3.63, 3.8) is 0 Å². The van der Waals surface area contributed by atoms with Crippen LogP contribution in [-0.2, 0) is 15.9 Å². The van der Waals surface area contributed by atoms with E-state index in [1.807, 2.05) is 11.5 Å². The summed E-state index contributed by atoms with van der Waals surface area (Å²) in [4.78, 5) is 16.1. The first-order valence-corrected chi connectivity index (χ1v) is 6.68. The van der Waals surface area contributed by atoms with E-state index in [0.717, 1.165) is 25.1 Å². The van der Waals surface area contributed by atoms with Crippen LogP contribution < -0.4 is 5.73 Å². The van der Waals surface area contributed by atoms with E-state index in [1.165, 1.54) is 0 Å². The van der Waals surface area contributed by atoms with Gasteiger partial charge < -0.3 is 19.8 Å². The maximum atomic E-state index is 11.8. The molecular weight excluding hydrogens is 246 g/mol. The fourth-order valence-electron chi connectivity index (χ4n) is 2.44. The van der Waals surface area contributed by atoms with Crippen LogP contribution >= 0.6 is 0 Å². The topological polar surface area (TPSA) is 79.4 Å². The van der Waals surface area contributed by atoms with Crippen molar-refractivity contribution in [2.75, 3.05) is 19.5 Å². The van der Waals surface area contributed by atoms with Gasteiger partial charge in [0, 0.05) is 19.6 Å². The van der Waals surface area contributed by atoms with Crippen molar-refractivity contribution in [3.8, 4) is 0 Å². The van der Waals surface area contributed by atoms with Crippen molar-refractivity contribution in [3.05, 3.63) is 11.5 Å². The molecule has 0 unspecified atom stereocenters. The molecule has 0 spiro atoms. The van der Waals surface area contributed by atoms with E-state index in [9.17, 15) is 4.79 Å². The third-order valence-corrected chi connectivity index (χ3v) is 3.57. The number of nitrogens with two attached hydrogens (primary N) is 1. The maximum absolute atomic E-state index is 11.8. The summed E-state index contributed by atoms with van der Waals surface area (Å²) in [5.41, 5.74) is 6.30. The molecule has 2 N–H and O–H groups in total. The molecule has 1 aliphatic carbocycles. The molecule has 2 rings (SSSR count). The van der Waals surface area contributed by atoms with Crippen molar-refractivity contribution >= 4 is 11.8 Å². The molecule has 0 atom stereocenters. The van der Waals surface area contributed by atoms with Crippen LogP contribution in [-0.4, -0.2) is 35.3 Å². The minimum Gasteiger partial charge on any atom is -0.461 e. The van der Waals surface area contributed by atoms with Crippen LogP contribution in [0.25, 0.3) is 0 Å². The summed E-state index contributed by atoms with van der Waals surface area (Å²) < 4.78 is 12.2. The molecule has 1 fully saturated rings. The van der Waals surface area contributed by atoms with Gasteiger partial charge in [0.15, 0.2) is 5.69 Å². The first-order valence-electron chi connectivity index (χ1n) is 6.68. The van der Waals surface area contributed by atoms with Gasteiger partial charge in [-0.25, -0.2) is 9.78 Å². The number of hydrogen-bond acceptors (Lipinski definition) is 5. The van der Waals surface area contributed by atoms with Gasteiger partial charge in [0.2, 0.25) is 0 Å². The molecule has 0 saturated heterocycles. The molecule has 0 aromatic carbocycles. The first-order chi connectivity index (χ1) is 9.12. The highest BCUT2D eigenvalue weighted by atomic mass is 16.5. The van der Waals surface area contributed by atoms with Gasteiger partial charge in [0.05, 0.1) is 12.7 Å². The van der Waals surface area contributed by atoms with Crippen LogP contribution in [0.4, 0.5) is 5.82 Å². The molecule has 0 bridgehead atoms. The molecule has 0 radical (unpaired) electrons. The fraction of sp³-hybridized carbons (Fsp3) is 0.692. The third kappa shape index (κ3) is 2.45. The standard InChI is InChI=1S/C13H21N3O3/c1-4-10-15-11(13(17)19-5-2)12(14)16(10)8-6-9(7-8)18-3/h8-9H,4-7,14H2,1-3H3. The molecular formula is C13H21N3O3. The molecule has 1 saturated carbocycles. The second-order valence-corrected chi connectivity index (χ2v) is 4.69. The monoisotopic (exact) mass is 267 g/mol. The number of carbonyl (C=O) groups excluding carboxylic acids is 1.